The molecule has 136 valence electrons. The molecule has 5 nitrogen and oxygen atoms in total. The lowest BCUT2D eigenvalue weighted by Gasteiger charge is -2.32. The fourth-order valence-electron chi connectivity index (χ4n) is 3.46. The van der Waals surface area contributed by atoms with Crippen molar-refractivity contribution in [3.8, 4) is 0 Å². The molecule has 1 fully saturated rings. The van der Waals surface area contributed by atoms with Gasteiger partial charge in [0, 0.05) is 5.46 Å². The van der Waals surface area contributed by atoms with Crippen LogP contribution in [0.2, 0.25) is 0 Å². The summed E-state index contributed by atoms with van der Waals surface area (Å²) in [6.07, 6.45) is 2.22. The van der Waals surface area contributed by atoms with Gasteiger partial charge in [0.2, 0.25) is 0 Å². The number of fused-ring (bicyclic) bond motifs is 1. The maximum atomic E-state index is 14.8. The molecule has 1 saturated heterocycles. The van der Waals surface area contributed by atoms with Gasteiger partial charge in [0.25, 0.3) is 0 Å². The second kappa shape index (κ2) is 6.29. The first kappa shape index (κ1) is 18.2. The Balaban J connectivity index is 1.97. The number of benzene rings is 1. The summed E-state index contributed by atoms with van der Waals surface area (Å²) in [5, 5.41) is 11.6. The molecule has 0 saturated carbocycles. The first-order valence-electron chi connectivity index (χ1n) is 8.78. The average Bonchev–Trinajstić information content (AvgIpc) is 2.61. The first-order valence-corrected chi connectivity index (χ1v) is 8.78. The molecule has 1 aliphatic carbocycles. The van der Waals surface area contributed by atoms with Crippen LogP contribution < -0.4 is 10.8 Å². The van der Waals surface area contributed by atoms with Gasteiger partial charge in [-0.05, 0) is 64.2 Å². The van der Waals surface area contributed by atoms with Crippen LogP contribution in [0, 0.1) is 5.82 Å². The molecule has 7 heteroatoms. The van der Waals surface area contributed by atoms with Crippen molar-refractivity contribution in [2.24, 2.45) is 0 Å². The lowest BCUT2D eigenvalue weighted by atomic mass is 9.76. The number of amides is 1. The zero-order valence-corrected chi connectivity index (χ0v) is 15.2. The van der Waals surface area contributed by atoms with Crippen molar-refractivity contribution in [3.63, 3.8) is 0 Å². The Kier molecular flexibility index (Phi) is 4.58. The predicted octanol–water partition coefficient (Wildman–Crippen LogP) is 3.16. The summed E-state index contributed by atoms with van der Waals surface area (Å²) >= 11 is 0. The molecule has 1 amide bonds. The summed E-state index contributed by atoms with van der Waals surface area (Å²) in [7, 11) is -0.760. The summed E-state index contributed by atoms with van der Waals surface area (Å²) < 4.78 is 26.8. The molecule has 1 aromatic carbocycles. The van der Waals surface area contributed by atoms with Gasteiger partial charge >= 0.3 is 13.2 Å². The van der Waals surface area contributed by atoms with Crippen molar-refractivity contribution < 1.29 is 23.6 Å². The van der Waals surface area contributed by atoms with Crippen LogP contribution in [-0.2, 0) is 15.7 Å². The van der Waals surface area contributed by atoms with Crippen molar-refractivity contribution >= 4 is 18.7 Å². The first-order chi connectivity index (χ1) is 11.6. The lowest BCUT2D eigenvalue weighted by molar-refractivity contribution is 0.00578. The van der Waals surface area contributed by atoms with E-state index in [2.05, 4.69) is 5.32 Å². The normalized spacial score (nSPS) is 24.5. The zero-order chi connectivity index (χ0) is 18.4. The summed E-state index contributed by atoms with van der Waals surface area (Å²) in [4.78, 5) is 11.0. The second-order valence-electron chi connectivity index (χ2n) is 7.91. The van der Waals surface area contributed by atoms with Gasteiger partial charge < -0.3 is 19.7 Å². The Morgan fingerprint density at radius 1 is 1.24 bits per heavy atom. The molecule has 25 heavy (non-hydrogen) atoms. The SMILES string of the molecule is CC1(C)OB(c2cc3c(cc2F)[C@H](NC(=O)O)CCCC3)OC1(C)C. The highest BCUT2D eigenvalue weighted by Crippen LogP contribution is 2.37. The van der Waals surface area contributed by atoms with E-state index in [9.17, 15) is 9.18 Å². The maximum absolute atomic E-state index is 14.8. The van der Waals surface area contributed by atoms with Crippen molar-refractivity contribution in [2.45, 2.75) is 70.6 Å². The van der Waals surface area contributed by atoms with Gasteiger partial charge in [-0.25, -0.2) is 9.18 Å². The second-order valence-corrected chi connectivity index (χ2v) is 7.91. The van der Waals surface area contributed by atoms with E-state index >= 15 is 0 Å². The predicted molar refractivity (Wildman–Crippen MR) is 93.6 cm³/mol. The quantitative estimate of drug-likeness (QED) is 0.636. The minimum absolute atomic E-state index is 0.378. The number of aryl methyl sites for hydroxylation is 1. The minimum atomic E-state index is -1.09. The Hall–Kier alpha value is -1.60. The van der Waals surface area contributed by atoms with E-state index in [0.717, 1.165) is 30.4 Å². The van der Waals surface area contributed by atoms with Crippen molar-refractivity contribution in [2.75, 3.05) is 0 Å². The Labute approximate surface area is 148 Å². The van der Waals surface area contributed by atoms with Crippen LogP contribution in [0.4, 0.5) is 9.18 Å². The summed E-state index contributed by atoms with van der Waals surface area (Å²) in [5.74, 6) is -0.420. The topological polar surface area (TPSA) is 67.8 Å². The molecule has 1 heterocycles. The monoisotopic (exact) mass is 349 g/mol. The summed E-state index contributed by atoms with van der Waals surface area (Å²) in [6, 6.07) is 2.85. The van der Waals surface area contributed by atoms with Crippen LogP contribution in [0.5, 0.6) is 0 Å². The molecular weight excluding hydrogens is 324 g/mol. The Bertz CT molecular complexity index is 676. The number of rotatable bonds is 2. The van der Waals surface area contributed by atoms with E-state index in [1.807, 2.05) is 27.7 Å². The van der Waals surface area contributed by atoms with Crippen molar-refractivity contribution in [1.29, 1.82) is 0 Å². The number of hydrogen-bond acceptors (Lipinski definition) is 3. The van der Waals surface area contributed by atoms with Crippen LogP contribution in [-0.4, -0.2) is 29.5 Å². The van der Waals surface area contributed by atoms with Gasteiger partial charge in [0.05, 0.1) is 17.2 Å². The van der Waals surface area contributed by atoms with Gasteiger partial charge in [0.15, 0.2) is 0 Å². The highest BCUT2D eigenvalue weighted by Gasteiger charge is 2.52. The molecule has 0 radical (unpaired) electrons. The number of carboxylic acid groups (broad SMARTS) is 1. The third-order valence-corrected chi connectivity index (χ3v) is 5.63. The molecule has 0 bridgehead atoms. The van der Waals surface area contributed by atoms with E-state index in [1.165, 1.54) is 6.07 Å². The fourth-order valence-corrected chi connectivity index (χ4v) is 3.46. The zero-order valence-electron chi connectivity index (χ0n) is 15.2. The van der Waals surface area contributed by atoms with E-state index in [1.54, 1.807) is 6.07 Å². The average molecular weight is 349 g/mol. The summed E-state index contributed by atoms with van der Waals surface area (Å²) in [6.45, 7) is 7.73. The largest absolute Gasteiger partial charge is 0.497 e. The van der Waals surface area contributed by atoms with Crippen LogP contribution in [0.25, 0.3) is 0 Å². The van der Waals surface area contributed by atoms with Gasteiger partial charge in [-0.3, -0.25) is 0 Å². The smallest absolute Gasteiger partial charge is 0.465 e. The van der Waals surface area contributed by atoms with Crippen molar-refractivity contribution in [1.82, 2.24) is 5.32 Å². The third kappa shape index (κ3) is 3.40. The van der Waals surface area contributed by atoms with Gasteiger partial charge in [-0.15, -0.1) is 0 Å². The number of nitrogens with one attached hydrogen (secondary N) is 1. The molecule has 1 aromatic rings. The molecule has 0 aromatic heterocycles. The van der Waals surface area contributed by atoms with Crippen LogP contribution >= 0.6 is 0 Å². The van der Waals surface area contributed by atoms with Gasteiger partial charge in [-0.1, -0.05) is 12.5 Å². The maximum Gasteiger partial charge on any atom is 0.497 e. The number of carbonyl (C=O) groups is 1. The number of hydrogen-bond donors (Lipinski definition) is 2. The van der Waals surface area contributed by atoms with Crippen LogP contribution in [0.15, 0.2) is 12.1 Å². The van der Waals surface area contributed by atoms with E-state index < -0.39 is 30.2 Å². The van der Waals surface area contributed by atoms with E-state index in [-0.39, 0.29) is 6.04 Å². The highest BCUT2D eigenvalue weighted by atomic mass is 19.1. The third-order valence-electron chi connectivity index (χ3n) is 5.63. The van der Waals surface area contributed by atoms with Gasteiger partial charge in [0.1, 0.15) is 5.82 Å². The standard InChI is InChI=1S/C18H25BFNO4/c1-17(2)18(3,4)25-19(24-17)13-9-11-7-5-6-8-15(21-16(22)23)12(11)10-14(13)20/h9-10,15,21H,5-8H2,1-4H3,(H,22,23)/t15-/m1/s1. The molecule has 1 atom stereocenters. The van der Waals surface area contributed by atoms with Crippen LogP contribution in [0.1, 0.15) is 64.1 Å². The number of halogens is 1. The molecule has 0 unspecified atom stereocenters. The molecule has 2 N–H and O–H groups in total. The minimum Gasteiger partial charge on any atom is -0.465 e. The molecule has 1 aliphatic heterocycles. The van der Waals surface area contributed by atoms with Crippen molar-refractivity contribution in [3.05, 3.63) is 29.1 Å². The lowest BCUT2D eigenvalue weighted by Crippen LogP contribution is -2.41. The van der Waals surface area contributed by atoms with Crippen LogP contribution in [0.3, 0.4) is 0 Å². The molecular formula is C18H25BFNO4. The fraction of sp³-hybridized carbons (Fsp3) is 0.611. The Morgan fingerprint density at radius 2 is 1.88 bits per heavy atom. The summed E-state index contributed by atoms with van der Waals surface area (Å²) in [5.41, 5.74) is 0.989. The van der Waals surface area contributed by atoms with Gasteiger partial charge in [-0.2, -0.15) is 0 Å². The molecule has 2 aliphatic rings. The molecule has 3 rings (SSSR count). The molecule has 0 spiro atoms. The Morgan fingerprint density at radius 3 is 2.48 bits per heavy atom. The van der Waals surface area contributed by atoms with E-state index in [4.69, 9.17) is 14.4 Å². The highest BCUT2D eigenvalue weighted by molar-refractivity contribution is 6.62. The van der Waals surface area contributed by atoms with E-state index in [0.29, 0.717) is 11.9 Å².